The molecule has 3 nitrogen and oxygen atoms in total. The summed E-state index contributed by atoms with van der Waals surface area (Å²) in [5.41, 5.74) is 8.62. The maximum absolute atomic E-state index is 6.50. The summed E-state index contributed by atoms with van der Waals surface area (Å²) in [5, 5.41) is 9.22. The van der Waals surface area contributed by atoms with E-state index in [1.807, 2.05) is 30.3 Å². The van der Waals surface area contributed by atoms with E-state index in [4.69, 9.17) is 14.4 Å². The van der Waals surface area contributed by atoms with Crippen LogP contribution in [0.4, 0.5) is 0 Å². The van der Waals surface area contributed by atoms with Crippen molar-refractivity contribution in [2.24, 2.45) is 9.98 Å². The van der Waals surface area contributed by atoms with Gasteiger partial charge in [0.15, 0.2) is 5.84 Å². The largest absolute Gasteiger partial charge is 0.456 e. The van der Waals surface area contributed by atoms with Gasteiger partial charge < -0.3 is 4.42 Å². The molecule has 3 heteroatoms. The lowest BCUT2D eigenvalue weighted by Gasteiger charge is -2.14. The zero-order valence-corrected chi connectivity index (χ0v) is 27.6. The molecule has 9 aromatic rings. The molecule has 0 atom stereocenters. The predicted molar refractivity (Wildman–Crippen MR) is 215 cm³/mol. The van der Waals surface area contributed by atoms with Crippen molar-refractivity contribution in [1.29, 1.82) is 0 Å². The molecule has 0 spiro atoms. The van der Waals surface area contributed by atoms with E-state index >= 15 is 0 Å². The number of fused-ring (bicyclic) bond motifs is 7. The van der Waals surface area contributed by atoms with Crippen LogP contribution in [0.1, 0.15) is 16.7 Å². The maximum Gasteiger partial charge on any atom is 0.161 e. The molecule has 51 heavy (non-hydrogen) atoms. The van der Waals surface area contributed by atoms with E-state index in [1.165, 1.54) is 26.9 Å². The number of aliphatic imine (C=N–C) groups is 2. The van der Waals surface area contributed by atoms with Crippen LogP contribution in [0.25, 0.3) is 71.1 Å². The molecule has 0 saturated carbocycles. The minimum atomic E-state index is 0.631. The van der Waals surface area contributed by atoms with Crippen LogP contribution in [0, 0.1) is 0 Å². The second kappa shape index (κ2) is 11.9. The Hall–Kier alpha value is -6.84. The van der Waals surface area contributed by atoms with Crippen LogP contribution < -0.4 is 0 Å². The molecular formula is C48H30N2O. The second-order valence-electron chi connectivity index (χ2n) is 13.0. The van der Waals surface area contributed by atoms with E-state index in [1.54, 1.807) is 0 Å². The summed E-state index contributed by atoms with van der Waals surface area (Å²) in [5.74, 6) is 0.631. The average molecular weight is 651 g/mol. The van der Waals surface area contributed by atoms with Crippen LogP contribution in [-0.2, 0) is 0 Å². The van der Waals surface area contributed by atoms with Crippen LogP contribution in [0.3, 0.4) is 0 Å². The number of benzene rings is 8. The third-order valence-corrected chi connectivity index (χ3v) is 9.89. The topological polar surface area (TPSA) is 37.9 Å². The standard InChI is InChI=1S/C48H30N2O/c1-2-13-32(14-3-1)43-21-11-22-44(41-30-36-16-6-7-17-37(36)38-18-8-9-19-39(38)41)50-48(49-43)40-20-10-23-46-47(40)42-29-35(26-27-45(42)51-46)34-25-24-31-12-4-5-15-33(31)28-34/h1-30H/b21-11+,22-11?,43-21?,44-22+,49-43+,49-48?,50-44?,50-48-. The summed E-state index contributed by atoms with van der Waals surface area (Å²) in [6, 6.07) is 57.5. The third-order valence-electron chi connectivity index (χ3n) is 9.89. The quantitative estimate of drug-likeness (QED) is 0.175. The van der Waals surface area contributed by atoms with Crippen molar-refractivity contribution >= 4 is 71.5 Å². The summed E-state index contributed by atoms with van der Waals surface area (Å²) in [6.07, 6.45) is 6.26. The van der Waals surface area contributed by atoms with E-state index in [0.29, 0.717) is 5.84 Å². The van der Waals surface area contributed by atoms with E-state index in [0.717, 1.165) is 66.6 Å². The third kappa shape index (κ3) is 5.06. The first-order valence-corrected chi connectivity index (χ1v) is 17.2. The molecular weight excluding hydrogens is 621 g/mol. The SMILES string of the molecule is C1=C/C(c2ccccc2)=N\C(c2cccc3oc4ccc(-c5ccc6ccccc6c5)cc4c23)=N/C(c2cc3ccccc3c3ccccc23)=C/1. The highest BCUT2D eigenvalue weighted by Gasteiger charge is 2.19. The van der Waals surface area contributed by atoms with Gasteiger partial charge in [-0.2, -0.15) is 0 Å². The Bertz CT molecular complexity index is 2960. The summed E-state index contributed by atoms with van der Waals surface area (Å²) in [7, 11) is 0. The molecule has 0 radical (unpaired) electrons. The Balaban J connectivity index is 1.21. The van der Waals surface area contributed by atoms with Crippen LogP contribution in [0.5, 0.6) is 0 Å². The van der Waals surface area contributed by atoms with E-state index < -0.39 is 0 Å². The highest BCUT2D eigenvalue weighted by Crippen LogP contribution is 2.38. The van der Waals surface area contributed by atoms with Gasteiger partial charge in [-0.05, 0) is 85.9 Å². The average Bonchev–Trinajstić information content (AvgIpc) is 3.56. The Kier molecular flexibility index (Phi) is 6.81. The van der Waals surface area contributed by atoms with Crippen LogP contribution >= 0.6 is 0 Å². The fourth-order valence-electron chi connectivity index (χ4n) is 7.43. The number of amidine groups is 1. The van der Waals surface area contributed by atoms with Crippen LogP contribution in [-0.4, -0.2) is 11.5 Å². The fourth-order valence-corrected chi connectivity index (χ4v) is 7.43. The smallest absolute Gasteiger partial charge is 0.161 e. The summed E-state index contributed by atoms with van der Waals surface area (Å²) in [4.78, 5) is 10.8. The molecule has 1 aromatic heterocycles. The number of rotatable bonds is 4. The molecule has 2 heterocycles. The zero-order valence-electron chi connectivity index (χ0n) is 27.6. The Morgan fingerprint density at radius 3 is 2.02 bits per heavy atom. The van der Waals surface area contributed by atoms with Crippen LogP contribution in [0.15, 0.2) is 196 Å². The van der Waals surface area contributed by atoms with Gasteiger partial charge in [-0.1, -0.05) is 140 Å². The molecule has 8 aromatic carbocycles. The maximum atomic E-state index is 6.50. The molecule has 0 bridgehead atoms. The predicted octanol–water partition coefficient (Wildman–Crippen LogP) is 12.6. The Morgan fingerprint density at radius 2 is 1.14 bits per heavy atom. The normalized spacial score (nSPS) is 17.1. The zero-order chi connectivity index (χ0) is 33.7. The molecule has 1 aliphatic rings. The first-order valence-electron chi connectivity index (χ1n) is 17.2. The molecule has 0 saturated heterocycles. The minimum Gasteiger partial charge on any atom is -0.456 e. The lowest BCUT2D eigenvalue weighted by Crippen LogP contribution is -2.07. The summed E-state index contributed by atoms with van der Waals surface area (Å²) in [6.45, 7) is 0. The second-order valence-corrected chi connectivity index (χ2v) is 13.0. The molecule has 0 N–H and O–H groups in total. The van der Waals surface area contributed by atoms with E-state index in [2.05, 4.69) is 152 Å². The van der Waals surface area contributed by atoms with Crippen molar-refractivity contribution in [2.75, 3.05) is 0 Å². The van der Waals surface area contributed by atoms with Crippen molar-refractivity contribution in [1.82, 2.24) is 0 Å². The molecule has 0 aliphatic carbocycles. The molecule has 238 valence electrons. The van der Waals surface area contributed by atoms with E-state index in [-0.39, 0.29) is 0 Å². The lowest BCUT2D eigenvalue weighted by molar-refractivity contribution is 0.669. The summed E-state index contributed by atoms with van der Waals surface area (Å²) < 4.78 is 6.50. The molecule has 1 aliphatic heterocycles. The molecule has 0 fully saturated rings. The van der Waals surface area contributed by atoms with Gasteiger partial charge in [0, 0.05) is 27.5 Å². The summed E-state index contributed by atoms with van der Waals surface area (Å²) >= 11 is 0. The molecule has 0 amide bonds. The van der Waals surface area contributed by atoms with Gasteiger partial charge in [0.2, 0.25) is 0 Å². The number of nitrogens with zero attached hydrogens (tertiary/aromatic N) is 2. The fraction of sp³-hybridized carbons (Fsp3) is 0. The van der Waals surface area contributed by atoms with Crippen molar-refractivity contribution in [2.45, 2.75) is 0 Å². The van der Waals surface area contributed by atoms with E-state index in [9.17, 15) is 0 Å². The number of allylic oxidation sites excluding steroid dienone is 3. The van der Waals surface area contributed by atoms with Gasteiger partial charge in [-0.15, -0.1) is 0 Å². The van der Waals surface area contributed by atoms with Crippen LogP contribution in [0.2, 0.25) is 0 Å². The van der Waals surface area contributed by atoms with Gasteiger partial charge in [0.25, 0.3) is 0 Å². The van der Waals surface area contributed by atoms with Gasteiger partial charge >= 0.3 is 0 Å². The monoisotopic (exact) mass is 650 g/mol. The first-order chi connectivity index (χ1) is 25.3. The van der Waals surface area contributed by atoms with Crippen molar-refractivity contribution < 1.29 is 4.42 Å². The first kappa shape index (κ1) is 29.1. The Labute approximate surface area is 294 Å². The van der Waals surface area contributed by atoms with Crippen molar-refractivity contribution in [3.8, 4) is 11.1 Å². The number of hydrogen-bond acceptors (Lipinski definition) is 3. The number of furan rings is 1. The molecule has 10 rings (SSSR count). The number of hydrogen-bond donors (Lipinski definition) is 0. The van der Waals surface area contributed by atoms with Gasteiger partial charge in [0.1, 0.15) is 11.2 Å². The van der Waals surface area contributed by atoms with Gasteiger partial charge in [-0.25, -0.2) is 9.98 Å². The minimum absolute atomic E-state index is 0.631. The highest BCUT2D eigenvalue weighted by atomic mass is 16.3. The van der Waals surface area contributed by atoms with Crippen molar-refractivity contribution in [3.63, 3.8) is 0 Å². The van der Waals surface area contributed by atoms with Gasteiger partial charge in [0.05, 0.1) is 11.4 Å². The molecule has 0 unspecified atom stereocenters. The Morgan fingerprint density at radius 1 is 0.412 bits per heavy atom. The lowest BCUT2D eigenvalue weighted by atomic mass is 9.95. The van der Waals surface area contributed by atoms with Crippen molar-refractivity contribution in [3.05, 3.63) is 199 Å². The van der Waals surface area contributed by atoms with Gasteiger partial charge in [-0.3, -0.25) is 0 Å². The highest BCUT2D eigenvalue weighted by molar-refractivity contribution is 6.25.